The summed E-state index contributed by atoms with van der Waals surface area (Å²) < 4.78 is 16.5. The Morgan fingerprint density at radius 3 is 2.42 bits per heavy atom. The fourth-order valence-corrected chi connectivity index (χ4v) is 2.65. The van der Waals surface area contributed by atoms with E-state index in [9.17, 15) is 4.79 Å². The van der Waals surface area contributed by atoms with Crippen molar-refractivity contribution in [1.82, 2.24) is 0 Å². The molecule has 2 aromatic rings. The summed E-state index contributed by atoms with van der Waals surface area (Å²) in [5.74, 6) is 1.51. The number of benzene rings is 2. The Hall–Kier alpha value is -3.01. The quantitative estimate of drug-likeness (QED) is 0.575. The van der Waals surface area contributed by atoms with E-state index in [-0.39, 0.29) is 12.1 Å². The standard InChI is InChI=1S/C22H22O4/c1-14(2)25-19-10-7-16(12-21(19)24-4)11-18-13-20(26-22(18)23)17-8-5-15(3)6-9-17/h5-14H,1-4H3/b18-11+. The lowest BCUT2D eigenvalue weighted by Gasteiger charge is -2.13. The van der Waals surface area contributed by atoms with Crippen molar-refractivity contribution >= 4 is 17.8 Å². The van der Waals surface area contributed by atoms with Gasteiger partial charge in [0.1, 0.15) is 5.76 Å². The van der Waals surface area contributed by atoms with Crippen molar-refractivity contribution in [3.8, 4) is 11.5 Å². The first-order valence-corrected chi connectivity index (χ1v) is 8.53. The average Bonchev–Trinajstić information content (AvgIpc) is 2.97. The van der Waals surface area contributed by atoms with Crippen LogP contribution in [0.3, 0.4) is 0 Å². The molecule has 26 heavy (non-hydrogen) atoms. The van der Waals surface area contributed by atoms with Gasteiger partial charge in [0.2, 0.25) is 0 Å². The van der Waals surface area contributed by atoms with Crippen molar-refractivity contribution in [2.75, 3.05) is 7.11 Å². The number of ether oxygens (including phenoxy) is 3. The molecule has 0 aliphatic carbocycles. The number of carbonyl (C=O) groups excluding carboxylic acids is 1. The average molecular weight is 350 g/mol. The van der Waals surface area contributed by atoms with Crippen LogP contribution in [0.5, 0.6) is 11.5 Å². The summed E-state index contributed by atoms with van der Waals surface area (Å²) in [5.41, 5.74) is 3.38. The molecular weight excluding hydrogens is 328 g/mol. The molecule has 0 atom stereocenters. The molecular formula is C22H22O4. The lowest BCUT2D eigenvalue weighted by Crippen LogP contribution is -2.06. The molecule has 0 unspecified atom stereocenters. The highest BCUT2D eigenvalue weighted by molar-refractivity contribution is 6.05. The van der Waals surface area contributed by atoms with Gasteiger partial charge in [0.15, 0.2) is 11.5 Å². The van der Waals surface area contributed by atoms with Crippen molar-refractivity contribution in [3.05, 3.63) is 70.8 Å². The first kappa shape index (κ1) is 17.8. The SMILES string of the molecule is COc1cc(/C=C2\C=C(c3ccc(C)cc3)OC2=O)ccc1OC(C)C. The third-order valence-corrected chi connectivity index (χ3v) is 3.93. The molecule has 0 saturated carbocycles. The molecule has 4 nitrogen and oxygen atoms in total. The fraction of sp³-hybridized carbons (Fsp3) is 0.227. The zero-order valence-corrected chi connectivity index (χ0v) is 15.4. The molecule has 0 spiro atoms. The summed E-state index contributed by atoms with van der Waals surface area (Å²) in [6, 6.07) is 13.4. The maximum atomic E-state index is 12.2. The Morgan fingerprint density at radius 2 is 1.77 bits per heavy atom. The minimum atomic E-state index is -0.359. The molecule has 1 heterocycles. The highest BCUT2D eigenvalue weighted by atomic mass is 16.5. The molecule has 4 heteroatoms. The van der Waals surface area contributed by atoms with Crippen molar-refractivity contribution in [1.29, 1.82) is 0 Å². The van der Waals surface area contributed by atoms with Crippen molar-refractivity contribution in [2.45, 2.75) is 26.9 Å². The maximum Gasteiger partial charge on any atom is 0.343 e. The first-order chi connectivity index (χ1) is 12.5. The first-order valence-electron chi connectivity index (χ1n) is 8.53. The van der Waals surface area contributed by atoms with E-state index in [1.165, 1.54) is 0 Å². The highest BCUT2D eigenvalue weighted by Crippen LogP contribution is 2.32. The molecule has 0 N–H and O–H groups in total. The number of hydrogen-bond donors (Lipinski definition) is 0. The summed E-state index contributed by atoms with van der Waals surface area (Å²) in [6.07, 6.45) is 3.60. The van der Waals surface area contributed by atoms with Gasteiger partial charge in [0.25, 0.3) is 0 Å². The Labute approximate surface area is 153 Å². The third kappa shape index (κ3) is 3.97. The van der Waals surface area contributed by atoms with Gasteiger partial charge in [-0.25, -0.2) is 4.79 Å². The van der Waals surface area contributed by atoms with E-state index in [2.05, 4.69) is 0 Å². The van der Waals surface area contributed by atoms with Crippen molar-refractivity contribution in [3.63, 3.8) is 0 Å². The molecule has 0 amide bonds. The van der Waals surface area contributed by atoms with E-state index >= 15 is 0 Å². The Morgan fingerprint density at radius 1 is 1.04 bits per heavy atom. The molecule has 2 aromatic carbocycles. The predicted molar refractivity (Wildman–Crippen MR) is 102 cm³/mol. The molecule has 0 saturated heterocycles. The van der Waals surface area contributed by atoms with Gasteiger partial charge in [-0.05, 0) is 50.6 Å². The van der Waals surface area contributed by atoms with Crippen LogP contribution in [0.15, 0.2) is 54.1 Å². The summed E-state index contributed by atoms with van der Waals surface area (Å²) in [5, 5.41) is 0. The smallest absolute Gasteiger partial charge is 0.343 e. The van der Waals surface area contributed by atoms with Gasteiger partial charge in [-0.2, -0.15) is 0 Å². The van der Waals surface area contributed by atoms with Gasteiger partial charge >= 0.3 is 5.97 Å². The van der Waals surface area contributed by atoms with Gasteiger partial charge in [0, 0.05) is 5.56 Å². The second kappa shape index (κ2) is 7.48. The number of aryl methyl sites for hydroxylation is 1. The lowest BCUT2D eigenvalue weighted by atomic mass is 10.1. The number of rotatable bonds is 5. The van der Waals surface area contributed by atoms with E-state index in [4.69, 9.17) is 14.2 Å². The summed E-state index contributed by atoms with van der Waals surface area (Å²) in [6.45, 7) is 5.94. The van der Waals surface area contributed by atoms with Crippen LogP contribution in [0.2, 0.25) is 0 Å². The van der Waals surface area contributed by atoms with Crippen LogP contribution in [0.25, 0.3) is 11.8 Å². The third-order valence-electron chi connectivity index (χ3n) is 3.93. The summed E-state index contributed by atoms with van der Waals surface area (Å²) in [4.78, 5) is 12.2. The minimum Gasteiger partial charge on any atom is -0.493 e. The zero-order chi connectivity index (χ0) is 18.7. The van der Waals surface area contributed by atoms with Gasteiger partial charge in [-0.15, -0.1) is 0 Å². The van der Waals surface area contributed by atoms with Crippen LogP contribution in [-0.4, -0.2) is 19.2 Å². The molecule has 0 fully saturated rings. The lowest BCUT2D eigenvalue weighted by molar-refractivity contribution is -0.130. The molecule has 0 aromatic heterocycles. The van der Waals surface area contributed by atoms with E-state index < -0.39 is 0 Å². The van der Waals surface area contributed by atoms with Crippen LogP contribution < -0.4 is 9.47 Å². The number of methoxy groups -OCH3 is 1. The van der Waals surface area contributed by atoms with Gasteiger partial charge < -0.3 is 14.2 Å². The monoisotopic (exact) mass is 350 g/mol. The molecule has 0 radical (unpaired) electrons. The fourth-order valence-electron chi connectivity index (χ4n) is 2.65. The number of carbonyl (C=O) groups is 1. The Bertz CT molecular complexity index is 874. The largest absolute Gasteiger partial charge is 0.493 e. The molecule has 134 valence electrons. The number of hydrogen-bond acceptors (Lipinski definition) is 4. The second-order valence-electron chi connectivity index (χ2n) is 6.44. The molecule has 1 aliphatic heterocycles. The van der Waals surface area contributed by atoms with E-state index in [0.29, 0.717) is 22.8 Å². The van der Waals surface area contributed by atoms with Crippen molar-refractivity contribution < 1.29 is 19.0 Å². The van der Waals surface area contributed by atoms with E-state index in [1.54, 1.807) is 19.3 Å². The minimum absolute atomic E-state index is 0.0536. The Balaban J connectivity index is 1.89. The maximum absolute atomic E-state index is 12.2. The van der Waals surface area contributed by atoms with E-state index in [1.807, 2.05) is 63.2 Å². The summed E-state index contributed by atoms with van der Waals surface area (Å²) >= 11 is 0. The second-order valence-corrected chi connectivity index (χ2v) is 6.44. The number of esters is 1. The van der Waals surface area contributed by atoms with Crippen LogP contribution in [0.4, 0.5) is 0 Å². The Kier molecular flexibility index (Phi) is 5.12. The van der Waals surface area contributed by atoms with Crippen LogP contribution in [0.1, 0.15) is 30.5 Å². The van der Waals surface area contributed by atoms with Crippen molar-refractivity contribution in [2.24, 2.45) is 0 Å². The van der Waals surface area contributed by atoms with E-state index in [0.717, 1.165) is 16.7 Å². The van der Waals surface area contributed by atoms with Crippen LogP contribution in [-0.2, 0) is 9.53 Å². The zero-order valence-electron chi connectivity index (χ0n) is 15.4. The highest BCUT2D eigenvalue weighted by Gasteiger charge is 2.22. The number of cyclic esters (lactones) is 1. The molecule has 3 rings (SSSR count). The normalized spacial score (nSPS) is 15.2. The molecule has 1 aliphatic rings. The van der Waals surface area contributed by atoms with Crippen LogP contribution >= 0.6 is 0 Å². The van der Waals surface area contributed by atoms with Crippen LogP contribution in [0, 0.1) is 6.92 Å². The van der Waals surface area contributed by atoms with Gasteiger partial charge in [0.05, 0.1) is 18.8 Å². The molecule has 0 bridgehead atoms. The van der Waals surface area contributed by atoms with Gasteiger partial charge in [-0.1, -0.05) is 35.9 Å². The van der Waals surface area contributed by atoms with Gasteiger partial charge in [-0.3, -0.25) is 0 Å². The predicted octanol–water partition coefficient (Wildman–Crippen LogP) is 4.77. The topological polar surface area (TPSA) is 44.8 Å². The summed E-state index contributed by atoms with van der Waals surface area (Å²) in [7, 11) is 1.60.